The molecule has 0 heterocycles. The van der Waals surface area contributed by atoms with Gasteiger partial charge < -0.3 is 11.1 Å². The Labute approximate surface area is 112 Å². The van der Waals surface area contributed by atoms with Crippen LogP contribution in [0.3, 0.4) is 0 Å². The summed E-state index contributed by atoms with van der Waals surface area (Å²) in [6, 6.07) is 4.84. The number of rotatable bonds is 4. The molecule has 1 rings (SSSR count). The summed E-state index contributed by atoms with van der Waals surface area (Å²) >= 11 is 0. The van der Waals surface area contributed by atoms with Gasteiger partial charge in [0.2, 0.25) is 0 Å². The third-order valence-corrected chi connectivity index (χ3v) is 3.33. The minimum Gasteiger partial charge on any atom is -0.327 e. The third kappa shape index (κ3) is 4.11. The Morgan fingerprint density at radius 1 is 1.17 bits per heavy atom. The number of nitrogens with two attached hydrogens (primary N) is 1. The Morgan fingerprint density at radius 2 is 1.67 bits per heavy atom. The summed E-state index contributed by atoms with van der Waals surface area (Å²) in [5.74, 6) is 0. The second kappa shape index (κ2) is 5.85. The lowest BCUT2D eigenvalue weighted by Gasteiger charge is -2.22. The van der Waals surface area contributed by atoms with Crippen LogP contribution in [0.2, 0.25) is 0 Å². The molecule has 1 aromatic rings. The van der Waals surface area contributed by atoms with Gasteiger partial charge >= 0.3 is 0 Å². The van der Waals surface area contributed by atoms with Gasteiger partial charge in [-0.25, -0.2) is 0 Å². The summed E-state index contributed by atoms with van der Waals surface area (Å²) < 4.78 is 0. The van der Waals surface area contributed by atoms with Crippen LogP contribution in [0.4, 0.5) is 0 Å². The lowest BCUT2D eigenvalue weighted by atomic mass is 9.84. The molecular weight excluding hydrogens is 220 g/mol. The van der Waals surface area contributed by atoms with Crippen LogP contribution in [0.15, 0.2) is 12.1 Å². The molecule has 18 heavy (non-hydrogen) atoms. The first kappa shape index (κ1) is 15.2. The summed E-state index contributed by atoms with van der Waals surface area (Å²) in [6.07, 6.45) is 0. The minimum atomic E-state index is 0.208. The van der Waals surface area contributed by atoms with Crippen molar-refractivity contribution in [2.24, 2.45) is 5.73 Å². The van der Waals surface area contributed by atoms with E-state index >= 15 is 0 Å². The highest BCUT2D eigenvalue weighted by atomic mass is 14.9. The highest BCUT2D eigenvalue weighted by Gasteiger charge is 2.16. The summed E-state index contributed by atoms with van der Waals surface area (Å²) in [6.45, 7) is 15.0. The number of hydrogen-bond donors (Lipinski definition) is 2. The fraction of sp³-hybridized carbons (Fsp3) is 0.625. The van der Waals surface area contributed by atoms with Crippen molar-refractivity contribution in [3.63, 3.8) is 0 Å². The summed E-state index contributed by atoms with van der Waals surface area (Å²) in [7, 11) is 0. The second-order valence-corrected chi connectivity index (χ2v) is 6.45. The molecule has 0 amide bonds. The van der Waals surface area contributed by atoms with Gasteiger partial charge in [-0.05, 0) is 48.4 Å². The van der Waals surface area contributed by atoms with Crippen LogP contribution in [-0.4, -0.2) is 12.6 Å². The van der Waals surface area contributed by atoms with Gasteiger partial charge in [-0.3, -0.25) is 0 Å². The molecule has 0 spiro atoms. The summed E-state index contributed by atoms with van der Waals surface area (Å²) in [4.78, 5) is 0. The average molecular weight is 248 g/mol. The molecule has 1 unspecified atom stereocenters. The molecule has 0 saturated heterocycles. The van der Waals surface area contributed by atoms with E-state index < -0.39 is 0 Å². The number of nitrogens with one attached hydrogen (secondary N) is 1. The van der Waals surface area contributed by atoms with Crippen molar-refractivity contribution >= 4 is 0 Å². The second-order valence-electron chi connectivity index (χ2n) is 6.45. The van der Waals surface area contributed by atoms with E-state index in [4.69, 9.17) is 5.73 Å². The molecular formula is C16H28N2. The average Bonchev–Trinajstić information content (AvgIpc) is 2.20. The Kier molecular flexibility index (Phi) is 4.94. The number of hydrogen-bond acceptors (Lipinski definition) is 2. The van der Waals surface area contributed by atoms with E-state index in [-0.39, 0.29) is 11.5 Å². The first-order valence-electron chi connectivity index (χ1n) is 6.78. The van der Waals surface area contributed by atoms with Crippen molar-refractivity contribution in [2.75, 3.05) is 6.54 Å². The molecule has 2 heteroatoms. The van der Waals surface area contributed by atoms with Gasteiger partial charge in [0.15, 0.2) is 0 Å². The van der Waals surface area contributed by atoms with Crippen LogP contribution in [-0.2, 0) is 12.0 Å². The van der Waals surface area contributed by atoms with E-state index in [1.54, 1.807) is 0 Å². The predicted octanol–water partition coefficient (Wildman–Crippen LogP) is 3.04. The lowest BCUT2D eigenvalue weighted by Crippen LogP contribution is -2.31. The van der Waals surface area contributed by atoms with Crippen molar-refractivity contribution in [3.8, 4) is 0 Å². The van der Waals surface area contributed by atoms with Crippen LogP contribution in [0.5, 0.6) is 0 Å². The Balaban J connectivity index is 2.88. The molecule has 0 radical (unpaired) electrons. The fourth-order valence-corrected chi connectivity index (χ4v) is 2.13. The molecule has 0 aliphatic rings. The number of benzene rings is 1. The fourth-order valence-electron chi connectivity index (χ4n) is 2.13. The molecule has 0 aliphatic carbocycles. The predicted molar refractivity (Wildman–Crippen MR) is 80.0 cm³/mol. The van der Waals surface area contributed by atoms with Crippen molar-refractivity contribution in [3.05, 3.63) is 34.4 Å². The van der Waals surface area contributed by atoms with E-state index in [2.05, 4.69) is 52.1 Å². The molecule has 1 atom stereocenters. The van der Waals surface area contributed by atoms with Gasteiger partial charge in [0.25, 0.3) is 0 Å². The van der Waals surface area contributed by atoms with Crippen molar-refractivity contribution in [1.82, 2.24) is 5.32 Å². The van der Waals surface area contributed by atoms with Gasteiger partial charge in [0.1, 0.15) is 0 Å². The maximum Gasteiger partial charge on any atom is 0.0211 e. The maximum atomic E-state index is 5.75. The van der Waals surface area contributed by atoms with Crippen LogP contribution in [0, 0.1) is 13.8 Å². The highest BCUT2D eigenvalue weighted by molar-refractivity contribution is 5.40. The van der Waals surface area contributed by atoms with Crippen LogP contribution in [0.25, 0.3) is 0 Å². The van der Waals surface area contributed by atoms with Gasteiger partial charge in [0, 0.05) is 19.1 Å². The van der Waals surface area contributed by atoms with Gasteiger partial charge in [0.05, 0.1) is 0 Å². The van der Waals surface area contributed by atoms with E-state index in [0.717, 1.165) is 13.1 Å². The Bertz CT molecular complexity index is 377. The highest BCUT2D eigenvalue weighted by Crippen LogP contribution is 2.26. The van der Waals surface area contributed by atoms with Crippen molar-refractivity contribution in [1.29, 1.82) is 0 Å². The maximum absolute atomic E-state index is 5.75. The van der Waals surface area contributed by atoms with Crippen molar-refractivity contribution in [2.45, 2.75) is 59.5 Å². The first-order chi connectivity index (χ1) is 8.21. The molecule has 3 N–H and O–H groups in total. The molecule has 0 saturated carbocycles. The molecule has 1 aromatic carbocycles. The van der Waals surface area contributed by atoms with E-state index in [9.17, 15) is 0 Å². The smallest absolute Gasteiger partial charge is 0.0211 e. The standard InChI is InChI=1S/C16H28N2/c1-11-7-14(16(4,5)6)8-12(2)15(11)10-18-9-13(3)17/h7-8,13,18H,9-10,17H2,1-6H3. The van der Waals surface area contributed by atoms with E-state index in [1.807, 2.05) is 6.92 Å². The van der Waals surface area contributed by atoms with Gasteiger partial charge in [-0.15, -0.1) is 0 Å². The Hall–Kier alpha value is -0.860. The van der Waals surface area contributed by atoms with E-state index in [0.29, 0.717) is 0 Å². The molecule has 0 aromatic heterocycles. The summed E-state index contributed by atoms with van der Waals surface area (Å²) in [5, 5.41) is 3.42. The van der Waals surface area contributed by atoms with E-state index in [1.165, 1.54) is 22.3 Å². The molecule has 0 aliphatic heterocycles. The zero-order chi connectivity index (χ0) is 13.9. The molecule has 0 fully saturated rings. The topological polar surface area (TPSA) is 38.0 Å². The van der Waals surface area contributed by atoms with Crippen LogP contribution in [0.1, 0.15) is 49.9 Å². The SMILES string of the molecule is Cc1cc(C(C)(C)C)cc(C)c1CNCC(C)N. The van der Waals surface area contributed by atoms with Crippen molar-refractivity contribution < 1.29 is 0 Å². The molecule has 102 valence electrons. The number of aryl methyl sites for hydroxylation is 2. The largest absolute Gasteiger partial charge is 0.327 e. The normalized spacial score (nSPS) is 13.7. The zero-order valence-corrected chi connectivity index (χ0v) is 12.7. The monoisotopic (exact) mass is 248 g/mol. The quantitative estimate of drug-likeness (QED) is 0.859. The lowest BCUT2D eigenvalue weighted by molar-refractivity contribution is 0.585. The molecule has 0 bridgehead atoms. The first-order valence-corrected chi connectivity index (χ1v) is 6.78. The molecule has 2 nitrogen and oxygen atoms in total. The Morgan fingerprint density at radius 3 is 2.06 bits per heavy atom. The van der Waals surface area contributed by atoms with Gasteiger partial charge in [-0.2, -0.15) is 0 Å². The minimum absolute atomic E-state index is 0.208. The zero-order valence-electron chi connectivity index (χ0n) is 12.7. The van der Waals surface area contributed by atoms with Crippen LogP contribution >= 0.6 is 0 Å². The van der Waals surface area contributed by atoms with Crippen LogP contribution < -0.4 is 11.1 Å². The van der Waals surface area contributed by atoms with Gasteiger partial charge in [-0.1, -0.05) is 32.9 Å². The summed E-state index contributed by atoms with van der Waals surface area (Å²) in [5.41, 5.74) is 11.5. The third-order valence-electron chi connectivity index (χ3n) is 3.33.